The Morgan fingerprint density at radius 3 is 2.76 bits per heavy atom. The Morgan fingerprint density at radius 1 is 1.24 bits per heavy atom. The van der Waals surface area contributed by atoms with E-state index in [0.29, 0.717) is 11.8 Å². The smallest absolute Gasteiger partial charge is 0.122 e. The second kappa shape index (κ2) is 8.40. The van der Waals surface area contributed by atoms with Crippen LogP contribution in [0.4, 0.5) is 0 Å². The summed E-state index contributed by atoms with van der Waals surface area (Å²) in [5, 5.41) is 3.21. The molecule has 1 aromatic carbocycles. The highest BCUT2D eigenvalue weighted by Crippen LogP contribution is 2.26. The number of benzene rings is 1. The standard InChI is InChI=1S/C17H22ClNOS/c1-13(2)15-7-3-4-8-16(15)20-10-6-5-9-17-19-14(11-18)12-21-17/h3-4,7-8,12-13H,5-6,9-11H2,1-2H3. The van der Waals surface area contributed by atoms with E-state index in [0.717, 1.165) is 37.3 Å². The van der Waals surface area contributed by atoms with E-state index >= 15 is 0 Å². The molecule has 0 atom stereocenters. The predicted octanol–water partition coefficient (Wildman–Crippen LogP) is 5.41. The molecular weight excluding hydrogens is 302 g/mol. The lowest BCUT2D eigenvalue weighted by Crippen LogP contribution is -2.01. The van der Waals surface area contributed by atoms with E-state index in [4.69, 9.17) is 16.3 Å². The highest BCUT2D eigenvalue weighted by atomic mass is 35.5. The van der Waals surface area contributed by atoms with Gasteiger partial charge in [0.15, 0.2) is 0 Å². The molecule has 0 amide bonds. The van der Waals surface area contributed by atoms with Crippen molar-refractivity contribution in [2.45, 2.75) is 44.9 Å². The average molecular weight is 324 g/mol. The van der Waals surface area contributed by atoms with Gasteiger partial charge >= 0.3 is 0 Å². The van der Waals surface area contributed by atoms with E-state index in [1.807, 2.05) is 11.4 Å². The normalized spacial score (nSPS) is 11.0. The highest BCUT2D eigenvalue weighted by Gasteiger charge is 2.06. The summed E-state index contributed by atoms with van der Waals surface area (Å²) in [6.07, 6.45) is 3.15. The first-order valence-electron chi connectivity index (χ1n) is 7.41. The molecule has 4 heteroatoms. The van der Waals surface area contributed by atoms with E-state index in [-0.39, 0.29) is 0 Å². The summed E-state index contributed by atoms with van der Waals surface area (Å²) in [6.45, 7) is 5.15. The maximum absolute atomic E-state index is 5.92. The van der Waals surface area contributed by atoms with Crippen LogP contribution in [0.1, 0.15) is 48.9 Å². The summed E-state index contributed by atoms with van der Waals surface area (Å²) in [7, 11) is 0. The van der Waals surface area contributed by atoms with Crippen LogP contribution in [0.3, 0.4) is 0 Å². The molecule has 114 valence electrons. The molecule has 2 rings (SSSR count). The monoisotopic (exact) mass is 323 g/mol. The molecule has 0 N–H and O–H groups in total. The second-order valence-electron chi connectivity index (χ2n) is 5.36. The van der Waals surface area contributed by atoms with Gasteiger partial charge in [-0.25, -0.2) is 4.98 Å². The van der Waals surface area contributed by atoms with Crippen molar-refractivity contribution in [2.75, 3.05) is 6.61 Å². The number of ether oxygens (including phenoxy) is 1. The zero-order chi connectivity index (χ0) is 15.1. The number of alkyl halides is 1. The molecule has 0 saturated carbocycles. The zero-order valence-corrected chi connectivity index (χ0v) is 14.2. The molecule has 0 unspecified atom stereocenters. The van der Waals surface area contributed by atoms with Crippen LogP contribution in [0, 0.1) is 0 Å². The second-order valence-corrected chi connectivity index (χ2v) is 6.57. The van der Waals surface area contributed by atoms with Gasteiger partial charge < -0.3 is 4.74 Å². The first-order valence-corrected chi connectivity index (χ1v) is 8.83. The Morgan fingerprint density at radius 2 is 2.05 bits per heavy atom. The van der Waals surface area contributed by atoms with Crippen LogP contribution >= 0.6 is 22.9 Å². The first kappa shape index (κ1) is 16.3. The Balaban J connectivity index is 1.72. The Kier molecular flexibility index (Phi) is 6.52. The van der Waals surface area contributed by atoms with Crippen LogP contribution in [0.25, 0.3) is 0 Å². The molecule has 0 saturated heterocycles. The largest absolute Gasteiger partial charge is 0.493 e. The third kappa shape index (κ3) is 5.01. The highest BCUT2D eigenvalue weighted by molar-refractivity contribution is 7.09. The zero-order valence-electron chi connectivity index (χ0n) is 12.6. The van der Waals surface area contributed by atoms with Gasteiger partial charge in [0.25, 0.3) is 0 Å². The third-order valence-electron chi connectivity index (χ3n) is 3.32. The molecule has 21 heavy (non-hydrogen) atoms. The molecule has 1 aromatic heterocycles. The van der Waals surface area contributed by atoms with Gasteiger partial charge in [-0.05, 0) is 36.8 Å². The fourth-order valence-corrected chi connectivity index (χ4v) is 3.24. The molecule has 1 heterocycles. The van der Waals surface area contributed by atoms with Gasteiger partial charge in [-0.15, -0.1) is 22.9 Å². The minimum absolute atomic E-state index is 0.491. The van der Waals surface area contributed by atoms with Gasteiger partial charge in [-0.1, -0.05) is 32.0 Å². The lowest BCUT2D eigenvalue weighted by atomic mass is 10.0. The average Bonchev–Trinajstić information content (AvgIpc) is 2.95. The summed E-state index contributed by atoms with van der Waals surface area (Å²) >= 11 is 7.45. The number of para-hydroxylation sites is 1. The summed E-state index contributed by atoms with van der Waals surface area (Å²) in [6, 6.07) is 8.30. The molecule has 2 nitrogen and oxygen atoms in total. The van der Waals surface area contributed by atoms with Gasteiger partial charge in [0.2, 0.25) is 0 Å². The fraction of sp³-hybridized carbons (Fsp3) is 0.471. The SMILES string of the molecule is CC(C)c1ccccc1OCCCCc1nc(CCl)cs1. The van der Waals surface area contributed by atoms with E-state index in [9.17, 15) is 0 Å². The van der Waals surface area contributed by atoms with Crippen molar-refractivity contribution < 1.29 is 4.74 Å². The molecule has 0 fully saturated rings. The molecule has 0 aliphatic carbocycles. The predicted molar refractivity (Wildman–Crippen MR) is 90.6 cm³/mol. The number of aromatic nitrogens is 1. The van der Waals surface area contributed by atoms with E-state index in [1.54, 1.807) is 11.3 Å². The Labute approximate surface area is 136 Å². The maximum atomic E-state index is 5.92. The minimum atomic E-state index is 0.491. The van der Waals surface area contributed by atoms with Gasteiger partial charge in [0.1, 0.15) is 5.75 Å². The van der Waals surface area contributed by atoms with Crippen LogP contribution in [0.5, 0.6) is 5.75 Å². The topological polar surface area (TPSA) is 22.1 Å². The van der Waals surface area contributed by atoms with Crippen molar-refractivity contribution in [3.05, 3.63) is 45.9 Å². The summed E-state index contributed by atoms with van der Waals surface area (Å²) < 4.78 is 5.92. The van der Waals surface area contributed by atoms with E-state index in [2.05, 4.69) is 37.0 Å². The van der Waals surface area contributed by atoms with Crippen LogP contribution in [0.2, 0.25) is 0 Å². The van der Waals surface area contributed by atoms with Gasteiger partial charge in [-0.3, -0.25) is 0 Å². The molecule has 0 radical (unpaired) electrons. The number of rotatable bonds is 8. The molecule has 0 bridgehead atoms. The number of thiazole rings is 1. The summed E-state index contributed by atoms with van der Waals surface area (Å²) in [5.41, 5.74) is 2.27. The number of aryl methyl sites for hydroxylation is 1. The molecule has 0 aliphatic rings. The lowest BCUT2D eigenvalue weighted by Gasteiger charge is -2.13. The summed E-state index contributed by atoms with van der Waals surface area (Å²) in [5.74, 6) is 2.02. The van der Waals surface area contributed by atoms with Crippen LogP contribution in [-0.4, -0.2) is 11.6 Å². The Hall–Kier alpha value is -1.06. The lowest BCUT2D eigenvalue weighted by molar-refractivity contribution is 0.303. The van der Waals surface area contributed by atoms with Crippen molar-refractivity contribution in [1.82, 2.24) is 4.98 Å². The number of hydrogen-bond acceptors (Lipinski definition) is 3. The third-order valence-corrected chi connectivity index (χ3v) is 4.55. The Bertz CT molecular complexity index is 553. The number of nitrogens with zero attached hydrogens (tertiary/aromatic N) is 1. The van der Waals surface area contributed by atoms with Gasteiger partial charge in [0.05, 0.1) is 23.2 Å². The molecule has 2 aromatic rings. The first-order chi connectivity index (χ1) is 10.2. The van der Waals surface area contributed by atoms with Crippen LogP contribution < -0.4 is 4.74 Å². The fourth-order valence-electron chi connectivity index (χ4n) is 2.17. The summed E-state index contributed by atoms with van der Waals surface area (Å²) in [4.78, 5) is 4.47. The van der Waals surface area contributed by atoms with E-state index in [1.165, 1.54) is 10.6 Å². The molecule has 0 aliphatic heterocycles. The van der Waals surface area contributed by atoms with E-state index < -0.39 is 0 Å². The van der Waals surface area contributed by atoms with Crippen molar-refractivity contribution in [3.8, 4) is 5.75 Å². The van der Waals surface area contributed by atoms with Crippen molar-refractivity contribution >= 4 is 22.9 Å². The maximum Gasteiger partial charge on any atom is 0.122 e. The van der Waals surface area contributed by atoms with Gasteiger partial charge in [0, 0.05) is 5.38 Å². The number of halogens is 1. The van der Waals surface area contributed by atoms with Crippen LogP contribution in [-0.2, 0) is 12.3 Å². The molecule has 0 spiro atoms. The van der Waals surface area contributed by atoms with Crippen molar-refractivity contribution in [2.24, 2.45) is 0 Å². The number of unbranched alkanes of at least 4 members (excludes halogenated alkanes) is 1. The van der Waals surface area contributed by atoms with Gasteiger partial charge in [-0.2, -0.15) is 0 Å². The molecular formula is C17H22ClNOS. The quantitative estimate of drug-likeness (QED) is 0.479. The van der Waals surface area contributed by atoms with Crippen molar-refractivity contribution in [3.63, 3.8) is 0 Å². The van der Waals surface area contributed by atoms with Crippen molar-refractivity contribution in [1.29, 1.82) is 0 Å². The van der Waals surface area contributed by atoms with Crippen LogP contribution in [0.15, 0.2) is 29.6 Å². The minimum Gasteiger partial charge on any atom is -0.493 e. The number of hydrogen-bond donors (Lipinski definition) is 0.